The molecule has 0 aliphatic carbocycles. The predicted octanol–water partition coefficient (Wildman–Crippen LogP) is 2.03. The first-order valence-electron chi connectivity index (χ1n) is 4.36. The van der Waals surface area contributed by atoms with E-state index in [4.69, 9.17) is 5.73 Å². The average molecular weight is 185 g/mol. The molecule has 0 saturated heterocycles. The van der Waals surface area contributed by atoms with E-state index in [1.807, 2.05) is 6.92 Å². The zero-order chi connectivity index (χ0) is 9.84. The lowest BCUT2D eigenvalue weighted by Gasteiger charge is -2.07. The van der Waals surface area contributed by atoms with Gasteiger partial charge in [-0.1, -0.05) is 6.92 Å². The van der Waals surface area contributed by atoms with E-state index in [1.165, 1.54) is 12.1 Å². The Labute approximate surface area is 76.6 Å². The van der Waals surface area contributed by atoms with Gasteiger partial charge >= 0.3 is 0 Å². The summed E-state index contributed by atoms with van der Waals surface area (Å²) in [6, 6.07) is 2.49. The number of hydrogen-bond acceptors (Lipinski definition) is 1. The Bertz CT molecular complexity index is 297. The highest BCUT2D eigenvalue weighted by atomic mass is 19.2. The lowest BCUT2D eigenvalue weighted by molar-refractivity contribution is 0.505. The second-order valence-electron chi connectivity index (χ2n) is 2.93. The highest BCUT2D eigenvalue weighted by Crippen LogP contribution is 2.15. The van der Waals surface area contributed by atoms with Gasteiger partial charge < -0.3 is 5.73 Å². The number of hydrogen-bond donors (Lipinski definition) is 1. The normalized spacial score (nSPS) is 10.5. The molecular weight excluding hydrogens is 172 g/mol. The SMILES string of the molecule is CCc1cc(F)c(F)cc1CCN. The van der Waals surface area contributed by atoms with Gasteiger partial charge in [0, 0.05) is 0 Å². The second-order valence-corrected chi connectivity index (χ2v) is 2.93. The van der Waals surface area contributed by atoms with Crippen LogP contribution in [0.1, 0.15) is 18.1 Å². The molecule has 3 heteroatoms. The van der Waals surface area contributed by atoms with Gasteiger partial charge in [-0.3, -0.25) is 0 Å². The standard InChI is InChI=1S/C10H13F2N/c1-2-7-5-9(11)10(12)6-8(7)3-4-13/h5-6H,2-4,13H2,1H3. The number of rotatable bonds is 3. The van der Waals surface area contributed by atoms with Crippen molar-refractivity contribution >= 4 is 0 Å². The van der Waals surface area contributed by atoms with Crippen molar-refractivity contribution in [1.82, 2.24) is 0 Å². The minimum atomic E-state index is -0.791. The third kappa shape index (κ3) is 2.25. The van der Waals surface area contributed by atoms with Crippen molar-refractivity contribution < 1.29 is 8.78 Å². The Balaban J connectivity index is 3.09. The molecule has 1 aromatic carbocycles. The van der Waals surface area contributed by atoms with Crippen LogP contribution in [0.5, 0.6) is 0 Å². The van der Waals surface area contributed by atoms with Crippen molar-refractivity contribution in [3.05, 3.63) is 34.9 Å². The quantitative estimate of drug-likeness (QED) is 0.766. The van der Waals surface area contributed by atoms with Gasteiger partial charge in [-0.15, -0.1) is 0 Å². The first-order valence-corrected chi connectivity index (χ1v) is 4.36. The first-order chi connectivity index (χ1) is 6.19. The molecule has 1 rings (SSSR count). The maximum Gasteiger partial charge on any atom is 0.159 e. The Kier molecular flexibility index (Phi) is 3.37. The molecule has 0 aliphatic rings. The van der Waals surface area contributed by atoms with Crippen molar-refractivity contribution in [2.45, 2.75) is 19.8 Å². The molecule has 0 amide bonds. The lowest BCUT2D eigenvalue weighted by atomic mass is 10.0. The molecule has 1 nitrogen and oxygen atoms in total. The summed E-state index contributed by atoms with van der Waals surface area (Å²) < 4.78 is 25.6. The highest BCUT2D eigenvalue weighted by Gasteiger charge is 2.07. The van der Waals surface area contributed by atoms with Crippen LogP contribution in [0.2, 0.25) is 0 Å². The minimum Gasteiger partial charge on any atom is -0.330 e. The largest absolute Gasteiger partial charge is 0.330 e. The summed E-state index contributed by atoms with van der Waals surface area (Å²) in [6.07, 6.45) is 1.30. The van der Waals surface area contributed by atoms with E-state index in [9.17, 15) is 8.78 Å². The number of halogens is 2. The van der Waals surface area contributed by atoms with Gasteiger partial charge in [0.15, 0.2) is 11.6 Å². The molecule has 0 spiro atoms. The Hall–Kier alpha value is -0.960. The minimum absolute atomic E-state index is 0.456. The van der Waals surface area contributed by atoms with E-state index in [1.54, 1.807) is 0 Å². The summed E-state index contributed by atoms with van der Waals surface area (Å²) >= 11 is 0. The van der Waals surface area contributed by atoms with E-state index in [-0.39, 0.29) is 0 Å². The summed E-state index contributed by atoms with van der Waals surface area (Å²) in [5.41, 5.74) is 7.00. The van der Waals surface area contributed by atoms with Gasteiger partial charge in [0.25, 0.3) is 0 Å². The molecule has 2 N–H and O–H groups in total. The summed E-state index contributed by atoms with van der Waals surface area (Å²) in [5.74, 6) is -1.57. The summed E-state index contributed by atoms with van der Waals surface area (Å²) in [7, 11) is 0. The first kappa shape index (κ1) is 10.1. The molecule has 1 aromatic rings. The third-order valence-electron chi connectivity index (χ3n) is 2.04. The highest BCUT2D eigenvalue weighted by molar-refractivity contribution is 5.29. The van der Waals surface area contributed by atoms with Crippen LogP contribution in [0.4, 0.5) is 8.78 Å². The number of nitrogens with two attached hydrogens (primary N) is 1. The Morgan fingerprint density at radius 3 is 2.15 bits per heavy atom. The maximum absolute atomic E-state index is 12.8. The molecule has 0 heterocycles. The molecule has 0 bridgehead atoms. The fourth-order valence-corrected chi connectivity index (χ4v) is 1.35. The van der Waals surface area contributed by atoms with Gasteiger partial charge in [0.1, 0.15) is 0 Å². The topological polar surface area (TPSA) is 26.0 Å². The van der Waals surface area contributed by atoms with Crippen molar-refractivity contribution in [2.24, 2.45) is 5.73 Å². The molecule has 0 atom stereocenters. The molecule has 0 radical (unpaired) electrons. The van der Waals surface area contributed by atoms with Crippen molar-refractivity contribution in [2.75, 3.05) is 6.54 Å². The van der Waals surface area contributed by atoms with E-state index in [2.05, 4.69) is 0 Å². The van der Waals surface area contributed by atoms with Crippen molar-refractivity contribution in [3.8, 4) is 0 Å². The maximum atomic E-state index is 12.8. The van der Waals surface area contributed by atoms with Gasteiger partial charge in [-0.2, -0.15) is 0 Å². The van der Waals surface area contributed by atoms with Crippen LogP contribution in [0, 0.1) is 11.6 Å². The van der Waals surface area contributed by atoms with Crippen LogP contribution in [-0.2, 0) is 12.8 Å². The zero-order valence-corrected chi connectivity index (χ0v) is 7.61. The van der Waals surface area contributed by atoms with Crippen molar-refractivity contribution in [1.29, 1.82) is 0 Å². The zero-order valence-electron chi connectivity index (χ0n) is 7.61. The van der Waals surface area contributed by atoms with Crippen LogP contribution < -0.4 is 5.73 Å². The average Bonchev–Trinajstić information content (AvgIpc) is 2.11. The number of aryl methyl sites for hydroxylation is 1. The van der Waals surface area contributed by atoms with Gasteiger partial charge in [-0.25, -0.2) is 8.78 Å². The van der Waals surface area contributed by atoms with Crippen LogP contribution in [0.25, 0.3) is 0 Å². The van der Waals surface area contributed by atoms with Crippen LogP contribution in [0.15, 0.2) is 12.1 Å². The predicted molar refractivity (Wildman–Crippen MR) is 48.5 cm³/mol. The van der Waals surface area contributed by atoms with E-state index < -0.39 is 11.6 Å². The van der Waals surface area contributed by atoms with Crippen LogP contribution >= 0.6 is 0 Å². The van der Waals surface area contributed by atoms with Gasteiger partial charge in [-0.05, 0) is 42.6 Å². The van der Waals surface area contributed by atoms with Crippen LogP contribution in [0.3, 0.4) is 0 Å². The Morgan fingerprint density at radius 2 is 1.69 bits per heavy atom. The molecular formula is C10H13F2N. The van der Waals surface area contributed by atoms with Gasteiger partial charge in [0.2, 0.25) is 0 Å². The smallest absolute Gasteiger partial charge is 0.159 e. The van der Waals surface area contributed by atoms with E-state index in [0.717, 1.165) is 11.1 Å². The fourth-order valence-electron chi connectivity index (χ4n) is 1.35. The summed E-state index contributed by atoms with van der Waals surface area (Å²) in [6.45, 7) is 2.37. The van der Waals surface area contributed by atoms with Gasteiger partial charge in [0.05, 0.1) is 0 Å². The lowest BCUT2D eigenvalue weighted by Crippen LogP contribution is -2.06. The van der Waals surface area contributed by atoms with Crippen molar-refractivity contribution in [3.63, 3.8) is 0 Å². The monoisotopic (exact) mass is 185 g/mol. The summed E-state index contributed by atoms with van der Waals surface area (Å²) in [5, 5.41) is 0. The molecule has 0 fully saturated rings. The third-order valence-corrected chi connectivity index (χ3v) is 2.04. The number of benzene rings is 1. The van der Waals surface area contributed by atoms with Crippen LogP contribution in [-0.4, -0.2) is 6.54 Å². The molecule has 0 aromatic heterocycles. The molecule has 0 aliphatic heterocycles. The fraction of sp³-hybridized carbons (Fsp3) is 0.400. The van der Waals surface area contributed by atoms with E-state index >= 15 is 0 Å². The molecule has 13 heavy (non-hydrogen) atoms. The van der Waals surface area contributed by atoms with E-state index in [0.29, 0.717) is 19.4 Å². The summed E-state index contributed by atoms with van der Waals surface area (Å²) in [4.78, 5) is 0. The molecule has 0 saturated carbocycles. The molecule has 72 valence electrons. The molecule has 0 unspecified atom stereocenters. The second kappa shape index (κ2) is 4.33. The Morgan fingerprint density at radius 1 is 1.15 bits per heavy atom.